The van der Waals surface area contributed by atoms with Crippen molar-refractivity contribution < 1.29 is 44.1 Å². The Labute approximate surface area is 257 Å². The third-order valence-electron chi connectivity index (χ3n) is 6.57. The quantitative estimate of drug-likeness (QED) is 0.0439. The molecule has 1 aromatic heterocycles. The number of rotatable bonds is 18. The van der Waals surface area contributed by atoms with Gasteiger partial charge in [-0.1, -0.05) is 18.2 Å². The van der Waals surface area contributed by atoms with Crippen LogP contribution in [0, 0.1) is 5.41 Å². The number of amides is 4. The summed E-state index contributed by atoms with van der Waals surface area (Å²) < 4.78 is 0. The number of fused-ring (bicyclic) bond motifs is 1. The highest BCUT2D eigenvalue weighted by Gasteiger charge is 2.32. The summed E-state index contributed by atoms with van der Waals surface area (Å²) in [5, 5.41) is 48.2. The van der Waals surface area contributed by atoms with Gasteiger partial charge in [-0.2, -0.15) is 0 Å². The number of hydrogen-bond acceptors (Lipinski definition) is 9. The Balaban J connectivity index is 2.17. The summed E-state index contributed by atoms with van der Waals surface area (Å²) in [6.45, 7) is 0.761. The minimum atomic E-state index is -1.62. The van der Waals surface area contributed by atoms with Gasteiger partial charge in [0.05, 0.1) is 25.1 Å². The van der Waals surface area contributed by atoms with Gasteiger partial charge in [0.15, 0.2) is 5.96 Å². The van der Waals surface area contributed by atoms with Crippen molar-refractivity contribution in [3.8, 4) is 0 Å². The summed E-state index contributed by atoms with van der Waals surface area (Å²) in [5.74, 6) is -6.61. The first kappa shape index (κ1) is 36.0. The zero-order valence-corrected chi connectivity index (χ0v) is 24.5. The molecule has 246 valence electrons. The van der Waals surface area contributed by atoms with Crippen molar-refractivity contribution in [1.82, 2.24) is 31.6 Å². The van der Waals surface area contributed by atoms with E-state index in [0.717, 1.165) is 10.9 Å². The van der Waals surface area contributed by atoms with E-state index in [4.69, 9.17) is 22.0 Å². The lowest BCUT2D eigenvalue weighted by Crippen LogP contribution is -2.59. The second kappa shape index (κ2) is 17.2. The number of nitrogens with one attached hydrogen (secondary N) is 7. The van der Waals surface area contributed by atoms with Gasteiger partial charge in [0.2, 0.25) is 23.6 Å². The largest absolute Gasteiger partial charge is 0.481 e. The van der Waals surface area contributed by atoms with Gasteiger partial charge in [-0.3, -0.25) is 29.4 Å². The normalized spacial score (nSPS) is 14.2. The number of carbonyl (C=O) groups excluding carboxylic acids is 4. The second-order valence-electron chi connectivity index (χ2n) is 10.2. The van der Waals surface area contributed by atoms with Crippen LogP contribution in [0.4, 0.5) is 0 Å². The summed E-state index contributed by atoms with van der Waals surface area (Å²) in [5.41, 5.74) is 12.1. The minimum absolute atomic E-state index is 0.0110. The minimum Gasteiger partial charge on any atom is -0.481 e. The highest BCUT2D eigenvalue weighted by Crippen LogP contribution is 2.19. The van der Waals surface area contributed by atoms with E-state index in [1.54, 1.807) is 30.5 Å². The fourth-order valence-corrected chi connectivity index (χ4v) is 4.26. The van der Waals surface area contributed by atoms with Crippen LogP contribution in [0.5, 0.6) is 0 Å². The van der Waals surface area contributed by atoms with Crippen molar-refractivity contribution in [2.24, 2.45) is 11.5 Å². The van der Waals surface area contributed by atoms with E-state index >= 15 is 0 Å². The monoisotopic (exact) mass is 633 g/mol. The molecule has 18 nitrogen and oxygen atoms in total. The number of aromatic nitrogens is 1. The van der Waals surface area contributed by atoms with Crippen molar-refractivity contribution in [2.75, 3.05) is 13.1 Å². The van der Waals surface area contributed by atoms with E-state index in [1.807, 2.05) is 0 Å². The predicted molar refractivity (Wildman–Crippen MR) is 160 cm³/mol. The van der Waals surface area contributed by atoms with Crippen LogP contribution < -0.4 is 38.1 Å². The van der Waals surface area contributed by atoms with E-state index in [-0.39, 0.29) is 31.8 Å². The number of carboxylic acids is 2. The van der Waals surface area contributed by atoms with Gasteiger partial charge in [-0.05, 0) is 31.4 Å². The number of aliphatic hydroxyl groups is 1. The first-order valence-corrected chi connectivity index (χ1v) is 13.9. The Morgan fingerprint density at radius 3 is 2.27 bits per heavy atom. The molecule has 4 amide bonds. The molecule has 1 heterocycles. The number of aliphatic carboxylic acids is 2. The summed E-state index contributed by atoms with van der Waals surface area (Å²) in [6.07, 6.45) is -0.399. The number of carbonyl (C=O) groups is 6. The molecule has 0 unspecified atom stereocenters. The molecule has 14 N–H and O–H groups in total. The molecular formula is C27H39N9O9. The first-order valence-electron chi connectivity index (χ1n) is 13.9. The molecule has 2 rings (SSSR count). The maximum absolute atomic E-state index is 13.3. The van der Waals surface area contributed by atoms with Crippen molar-refractivity contribution in [2.45, 2.75) is 62.9 Å². The topological polar surface area (TPSA) is 315 Å². The van der Waals surface area contributed by atoms with E-state index in [0.29, 0.717) is 5.56 Å². The Morgan fingerprint density at radius 1 is 0.956 bits per heavy atom. The zero-order valence-electron chi connectivity index (χ0n) is 24.5. The fourth-order valence-electron chi connectivity index (χ4n) is 4.26. The van der Waals surface area contributed by atoms with Gasteiger partial charge in [-0.15, -0.1) is 0 Å². The summed E-state index contributed by atoms with van der Waals surface area (Å²) in [4.78, 5) is 76.9. The maximum atomic E-state index is 13.3. The van der Waals surface area contributed by atoms with Gasteiger partial charge in [-0.25, -0.2) is 4.79 Å². The summed E-state index contributed by atoms with van der Waals surface area (Å²) >= 11 is 0. The second-order valence-corrected chi connectivity index (χ2v) is 10.2. The van der Waals surface area contributed by atoms with Gasteiger partial charge < -0.3 is 58.4 Å². The highest BCUT2D eigenvalue weighted by atomic mass is 16.4. The number of nitrogens with two attached hydrogens (primary N) is 2. The Morgan fingerprint density at radius 2 is 1.64 bits per heavy atom. The van der Waals surface area contributed by atoms with Crippen molar-refractivity contribution in [3.63, 3.8) is 0 Å². The molecule has 0 bridgehead atoms. The molecule has 0 fully saturated rings. The molecule has 0 saturated heterocycles. The number of carboxylic acid groups (broad SMARTS) is 2. The average Bonchev–Trinajstić information content (AvgIpc) is 3.37. The van der Waals surface area contributed by atoms with E-state index in [1.165, 1.54) is 6.92 Å². The van der Waals surface area contributed by atoms with Crippen molar-refractivity contribution in [1.29, 1.82) is 5.41 Å². The molecule has 0 saturated carbocycles. The van der Waals surface area contributed by atoms with Crippen LogP contribution in [0.25, 0.3) is 10.9 Å². The number of guanidine groups is 1. The van der Waals surface area contributed by atoms with Gasteiger partial charge in [0, 0.05) is 30.1 Å². The molecule has 0 spiro atoms. The Hall–Kier alpha value is -5.23. The number of H-pyrrole nitrogens is 1. The van der Waals surface area contributed by atoms with Crippen LogP contribution in [0.3, 0.4) is 0 Å². The number of aliphatic hydroxyl groups excluding tert-OH is 1. The van der Waals surface area contributed by atoms with Crippen LogP contribution >= 0.6 is 0 Å². The zero-order chi connectivity index (χ0) is 33.7. The predicted octanol–water partition coefficient (Wildman–Crippen LogP) is -3.19. The van der Waals surface area contributed by atoms with Gasteiger partial charge >= 0.3 is 11.9 Å². The highest BCUT2D eigenvalue weighted by molar-refractivity contribution is 5.96. The van der Waals surface area contributed by atoms with Crippen molar-refractivity contribution in [3.05, 3.63) is 36.0 Å². The van der Waals surface area contributed by atoms with Crippen LogP contribution in [0.1, 0.15) is 31.7 Å². The maximum Gasteiger partial charge on any atom is 0.326 e. The smallest absolute Gasteiger partial charge is 0.326 e. The van der Waals surface area contributed by atoms with Gasteiger partial charge in [0.25, 0.3) is 0 Å². The fraction of sp³-hybridized carbons (Fsp3) is 0.444. The van der Waals surface area contributed by atoms with E-state index in [9.17, 15) is 39.0 Å². The molecule has 18 heteroatoms. The standard InChI is InChI=1S/C27H39N9O9/c1-13(37)22(36-23(41)16(28)10-21(39)40)25(43)35-19(9-14-11-32-17-6-3-2-5-15(14)17)24(42)33-12-20(38)34-18(26(44)45)7-4-8-31-27(29)30/h2-3,5-6,11,13,16,18-19,22,32,37H,4,7-10,12,28H2,1H3,(H,33,42)(H,34,38)(H,35,43)(H,36,41)(H,39,40)(H,44,45)(H4,29,30,31)/t13-,16+,18+,19+,22+/m1/s1. The number of aromatic amines is 1. The average molecular weight is 634 g/mol. The molecule has 0 aliphatic carbocycles. The summed E-state index contributed by atoms with van der Waals surface area (Å²) in [6, 6.07) is 1.38. The lowest BCUT2D eigenvalue weighted by Gasteiger charge is -2.25. The van der Waals surface area contributed by atoms with Crippen LogP contribution in [0.15, 0.2) is 30.5 Å². The first-order chi connectivity index (χ1) is 21.2. The summed E-state index contributed by atoms with van der Waals surface area (Å²) in [7, 11) is 0. The van der Waals surface area contributed by atoms with Crippen LogP contribution in [-0.4, -0.2) is 105 Å². The molecule has 2 aromatic rings. The number of hydrogen-bond donors (Lipinski definition) is 12. The third-order valence-corrected chi connectivity index (χ3v) is 6.57. The molecule has 1 aromatic carbocycles. The van der Waals surface area contributed by atoms with Crippen LogP contribution in [-0.2, 0) is 35.2 Å². The van der Waals surface area contributed by atoms with E-state index < -0.39 is 78.8 Å². The molecule has 0 radical (unpaired) electrons. The number of para-hydroxylation sites is 1. The Bertz CT molecular complexity index is 1390. The number of benzene rings is 1. The molecule has 0 aliphatic rings. The lowest BCUT2D eigenvalue weighted by molar-refractivity contribution is -0.142. The van der Waals surface area contributed by atoms with Crippen LogP contribution in [0.2, 0.25) is 0 Å². The Kier molecular flexibility index (Phi) is 13.7. The SMILES string of the molecule is C[C@@H](O)[C@H](NC(=O)[C@@H](N)CC(=O)O)C(=O)N[C@@H](Cc1c[nH]c2ccccc12)C(=O)NCC(=O)N[C@@H](CCCNC(=N)N)C(=O)O. The lowest BCUT2D eigenvalue weighted by atomic mass is 10.0. The van der Waals surface area contributed by atoms with Crippen molar-refractivity contribution >= 4 is 52.4 Å². The van der Waals surface area contributed by atoms with E-state index in [2.05, 4.69) is 31.6 Å². The molecule has 5 atom stereocenters. The van der Waals surface area contributed by atoms with Gasteiger partial charge in [0.1, 0.15) is 18.1 Å². The third kappa shape index (κ3) is 11.8. The molecular weight excluding hydrogens is 594 g/mol. The molecule has 0 aliphatic heterocycles. The molecule has 45 heavy (non-hydrogen) atoms.